The number of benzene rings is 2. The molecule has 1 saturated carbocycles. The third-order valence-electron chi connectivity index (χ3n) is 7.02. The Balaban J connectivity index is 1.26. The van der Waals surface area contributed by atoms with Crippen molar-refractivity contribution >= 4 is 33.2 Å². The number of carbonyl (C=O) groups is 2. The fourth-order valence-corrected chi connectivity index (χ4v) is 6.46. The van der Waals surface area contributed by atoms with E-state index in [0.717, 1.165) is 24.1 Å². The highest BCUT2D eigenvalue weighted by atomic mass is 32.2. The van der Waals surface area contributed by atoms with Crippen LogP contribution in [0.1, 0.15) is 38.2 Å². The number of anilines is 2. The molecule has 7 nitrogen and oxygen atoms in total. The average Bonchev–Trinajstić information content (AvgIpc) is 3.62. The van der Waals surface area contributed by atoms with E-state index in [-0.39, 0.29) is 53.4 Å². The molecule has 1 aliphatic carbocycles. The van der Waals surface area contributed by atoms with Gasteiger partial charge in [0.15, 0.2) is 0 Å². The van der Waals surface area contributed by atoms with Gasteiger partial charge in [-0.3, -0.25) is 9.59 Å². The van der Waals surface area contributed by atoms with Gasteiger partial charge in [-0.2, -0.15) is 4.31 Å². The number of piperidine rings is 1. The molecular formula is C25H28FN3O4S. The van der Waals surface area contributed by atoms with Gasteiger partial charge in [-0.25, -0.2) is 12.8 Å². The van der Waals surface area contributed by atoms with E-state index in [0.29, 0.717) is 19.3 Å². The van der Waals surface area contributed by atoms with Crippen LogP contribution in [-0.2, 0) is 26.0 Å². The summed E-state index contributed by atoms with van der Waals surface area (Å²) in [4.78, 5) is 27.3. The number of nitrogens with one attached hydrogen (secondary N) is 1. The Morgan fingerprint density at radius 1 is 1.00 bits per heavy atom. The third kappa shape index (κ3) is 4.22. The molecule has 1 saturated heterocycles. The van der Waals surface area contributed by atoms with Crippen LogP contribution in [0.5, 0.6) is 0 Å². The van der Waals surface area contributed by atoms with Crippen molar-refractivity contribution in [2.75, 3.05) is 23.3 Å². The number of hydrogen-bond acceptors (Lipinski definition) is 4. The maximum absolute atomic E-state index is 13.8. The molecule has 0 bridgehead atoms. The number of amides is 2. The van der Waals surface area contributed by atoms with Crippen LogP contribution in [0.2, 0.25) is 0 Å². The van der Waals surface area contributed by atoms with Crippen LogP contribution in [0, 0.1) is 17.7 Å². The van der Waals surface area contributed by atoms with Gasteiger partial charge >= 0.3 is 0 Å². The molecule has 5 rings (SSSR count). The van der Waals surface area contributed by atoms with Gasteiger partial charge in [0, 0.05) is 36.7 Å². The summed E-state index contributed by atoms with van der Waals surface area (Å²) < 4.78 is 41.9. The van der Waals surface area contributed by atoms with E-state index < -0.39 is 15.8 Å². The standard InChI is InChI=1S/C25H28FN3O4S/c1-16-14-19-15-20(8-9-23(19)29(16)25(31)18-6-7-18)34(32,33)28-12-10-17(11-13-28)24(30)27-22-5-3-2-4-21(22)26/h2-5,8-9,15-18H,6-7,10-14H2,1H3,(H,27,30). The average molecular weight is 486 g/mol. The monoisotopic (exact) mass is 485 g/mol. The first-order chi connectivity index (χ1) is 16.3. The van der Waals surface area contributed by atoms with Crippen LogP contribution in [0.15, 0.2) is 47.4 Å². The summed E-state index contributed by atoms with van der Waals surface area (Å²) in [5.74, 6) is -0.937. The Kier molecular flexibility index (Phi) is 5.93. The summed E-state index contributed by atoms with van der Waals surface area (Å²) in [5.41, 5.74) is 1.82. The first kappa shape index (κ1) is 23.0. The van der Waals surface area contributed by atoms with Crippen LogP contribution >= 0.6 is 0 Å². The molecule has 0 aromatic heterocycles. The number of carbonyl (C=O) groups excluding carboxylic acids is 2. The third-order valence-corrected chi connectivity index (χ3v) is 8.92. The molecule has 9 heteroatoms. The van der Waals surface area contributed by atoms with E-state index >= 15 is 0 Å². The molecule has 1 unspecified atom stereocenters. The topological polar surface area (TPSA) is 86.8 Å². The molecule has 180 valence electrons. The first-order valence-corrected chi connectivity index (χ1v) is 13.2. The van der Waals surface area contributed by atoms with Crippen molar-refractivity contribution in [1.29, 1.82) is 0 Å². The smallest absolute Gasteiger partial charge is 0.243 e. The molecule has 0 radical (unpaired) electrons. The minimum Gasteiger partial charge on any atom is -0.323 e. The molecule has 0 spiro atoms. The van der Waals surface area contributed by atoms with Crippen LogP contribution in [0.25, 0.3) is 0 Å². The molecule has 34 heavy (non-hydrogen) atoms. The summed E-state index contributed by atoms with van der Waals surface area (Å²) in [6.07, 6.45) is 3.22. The van der Waals surface area contributed by atoms with Gasteiger partial charge in [-0.1, -0.05) is 12.1 Å². The predicted molar refractivity (Wildman–Crippen MR) is 126 cm³/mol. The van der Waals surface area contributed by atoms with E-state index in [9.17, 15) is 22.4 Å². The van der Waals surface area contributed by atoms with Crippen molar-refractivity contribution in [3.63, 3.8) is 0 Å². The SMILES string of the molecule is CC1Cc2cc(S(=O)(=O)N3CCC(C(=O)Nc4ccccc4F)CC3)ccc2N1C(=O)C1CC1. The van der Waals surface area contributed by atoms with E-state index in [4.69, 9.17) is 0 Å². The Bertz CT molecular complexity index is 1240. The van der Waals surface area contributed by atoms with Crippen LogP contribution in [0.4, 0.5) is 15.8 Å². The molecule has 2 fully saturated rings. The highest BCUT2D eigenvalue weighted by Gasteiger charge is 2.40. The minimum atomic E-state index is -3.72. The Labute approximate surface area is 199 Å². The minimum absolute atomic E-state index is 0.0183. The number of nitrogens with zero attached hydrogens (tertiary/aromatic N) is 2. The number of halogens is 1. The Morgan fingerprint density at radius 2 is 1.71 bits per heavy atom. The summed E-state index contributed by atoms with van der Waals surface area (Å²) in [7, 11) is -3.72. The number of hydrogen-bond donors (Lipinski definition) is 1. The lowest BCUT2D eigenvalue weighted by Crippen LogP contribution is -2.41. The van der Waals surface area contributed by atoms with Gasteiger partial charge in [0.25, 0.3) is 0 Å². The number of rotatable bonds is 5. The molecule has 2 amide bonds. The van der Waals surface area contributed by atoms with Crippen molar-refractivity contribution in [1.82, 2.24) is 4.31 Å². The Hall–Kier alpha value is -2.78. The quantitative estimate of drug-likeness (QED) is 0.702. The first-order valence-electron chi connectivity index (χ1n) is 11.8. The van der Waals surface area contributed by atoms with Gasteiger partial charge in [0.1, 0.15) is 5.82 Å². The maximum Gasteiger partial charge on any atom is 0.243 e. The lowest BCUT2D eigenvalue weighted by Gasteiger charge is -2.30. The van der Waals surface area contributed by atoms with E-state index in [1.54, 1.807) is 30.3 Å². The van der Waals surface area contributed by atoms with Crippen molar-refractivity contribution in [3.8, 4) is 0 Å². The second kappa shape index (κ2) is 8.78. The zero-order valence-electron chi connectivity index (χ0n) is 19.0. The van der Waals surface area contributed by atoms with Crippen molar-refractivity contribution in [3.05, 3.63) is 53.8 Å². The number of sulfonamides is 1. The zero-order chi connectivity index (χ0) is 24.0. The van der Waals surface area contributed by atoms with Gasteiger partial charge in [0.2, 0.25) is 21.8 Å². The Morgan fingerprint density at radius 3 is 2.38 bits per heavy atom. The summed E-state index contributed by atoms with van der Waals surface area (Å²) in [6, 6.07) is 11.0. The van der Waals surface area contributed by atoms with E-state index in [2.05, 4.69) is 5.32 Å². The van der Waals surface area contributed by atoms with Gasteiger partial charge in [0.05, 0.1) is 10.6 Å². The van der Waals surface area contributed by atoms with Crippen molar-refractivity contribution < 1.29 is 22.4 Å². The normalized spacial score (nSPS) is 21.4. The molecule has 2 aromatic carbocycles. The van der Waals surface area contributed by atoms with Crippen molar-refractivity contribution in [2.24, 2.45) is 11.8 Å². The number of para-hydroxylation sites is 1. The molecular weight excluding hydrogens is 457 g/mol. The highest BCUT2D eigenvalue weighted by Crippen LogP contribution is 2.40. The van der Waals surface area contributed by atoms with E-state index in [1.807, 2.05) is 11.8 Å². The molecule has 2 heterocycles. The van der Waals surface area contributed by atoms with Crippen LogP contribution in [0.3, 0.4) is 0 Å². The zero-order valence-corrected chi connectivity index (χ0v) is 19.9. The molecule has 1 atom stereocenters. The molecule has 2 aliphatic heterocycles. The molecule has 3 aliphatic rings. The van der Waals surface area contributed by atoms with Gasteiger partial charge in [-0.15, -0.1) is 0 Å². The summed E-state index contributed by atoms with van der Waals surface area (Å²) >= 11 is 0. The largest absolute Gasteiger partial charge is 0.323 e. The predicted octanol–water partition coefficient (Wildman–Crippen LogP) is 3.55. The fraction of sp³-hybridized carbons (Fsp3) is 0.440. The maximum atomic E-state index is 13.8. The van der Waals surface area contributed by atoms with Crippen LogP contribution < -0.4 is 10.2 Å². The second-order valence-electron chi connectivity index (χ2n) is 9.47. The van der Waals surface area contributed by atoms with Crippen molar-refractivity contribution in [2.45, 2.75) is 50.0 Å². The lowest BCUT2D eigenvalue weighted by molar-refractivity contribution is -0.121. The van der Waals surface area contributed by atoms with E-state index in [1.165, 1.54) is 16.4 Å². The highest BCUT2D eigenvalue weighted by molar-refractivity contribution is 7.89. The summed E-state index contributed by atoms with van der Waals surface area (Å²) in [6.45, 7) is 2.43. The van der Waals surface area contributed by atoms with Crippen LogP contribution in [-0.4, -0.2) is 43.7 Å². The van der Waals surface area contributed by atoms with Gasteiger partial charge < -0.3 is 10.2 Å². The lowest BCUT2D eigenvalue weighted by atomic mass is 9.97. The fourth-order valence-electron chi connectivity index (χ4n) is 4.94. The molecule has 2 aromatic rings. The van der Waals surface area contributed by atoms with Gasteiger partial charge in [-0.05, 0) is 74.9 Å². The number of fused-ring (bicyclic) bond motifs is 1. The second-order valence-corrected chi connectivity index (χ2v) is 11.4. The molecule has 1 N–H and O–H groups in total. The summed E-state index contributed by atoms with van der Waals surface area (Å²) in [5, 5.41) is 2.61.